The lowest BCUT2D eigenvalue weighted by atomic mass is 9.80. The third kappa shape index (κ3) is 4.20. The average Bonchev–Trinajstić information content (AvgIpc) is 3.87. The molecular weight excluding hydrogens is 669 g/mol. The van der Waals surface area contributed by atoms with Crippen molar-refractivity contribution in [1.82, 2.24) is 0 Å². The monoisotopic (exact) mass is 702 g/mol. The number of benzene rings is 9. The summed E-state index contributed by atoms with van der Waals surface area (Å²) in [5.74, 6) is 0. The van der Waals surface area contributed by atoms with Crippen LogP contribution in [0.3, 0.4) is 0 Å². The normalized spacial score (nSPS) is 13.4. The maximum absolute atomic E-state index is 6.68. The molecule has 55 heavy (non-hydrogen) atoms. The zero-order valence-electron chi connectivity index (χ0n) is 30.5. The lowest BCUT2D eigenvalue weighted by Crippen LogP contribution is -2.15. The molecule has 0 bridgehead atoms. The van der Waals surface area contributed by atoms with E-state index in [0.29, 0.717) is 0 Å². The van der Waals surface area contributed by atoms with Gasteiger partial charge < -0.3 is 8.83 Å². The number of fused-ring (bicyclic) bond motifs is 12. The zero-order valence-corrected chi connectivity index (χ0v) is 30.5. The molecule has 0 saturated carbocycles. The molecule has 12 rings (SSSR count). The van der Waals surface area contributed by atoms with Crippen LogP contribution in [0.1, 0.15) is 25.0 Å². The third-order valence-electron chi connectivity index (χ3n) is 12.3. The highest BCUT2D eigenvalue weighted by Crippen LogP contribution is 2.53. The van der Waals surface area contributed by atoms with Crippen LogP contribution in [0.25, 0.3) is 110 Å². The summed E-state index contributed by atoms with van der Waals surface area (Å²) in [5.41, 5.74) is 15.9. The third-order valence-corrected chi connectivity index (χ3v) is 12.3. The molecule has 0 unspecified atom stereocenters. The van der Waals surface area contributed by atoms with E-state index in [1.807, 2.05) is 12.1 Å². The maximum atomic E-state index is 6.68. The Bertz CT molecular complexity index is 3340. The van der Waals surface area contributed by atoms with Crippen LogP contribution in [0.15, 0.2) is 179 Å². The van der Waals surface area contributed by atoms with Crippen molar-refractivity contribution >= 4 is 65.4 Å². The highest BCUT2D eigenvalue weighted by Gasteiger charge is 2.36. The first-order valence-electron chi connectivity index (χ1n) is 19.1. The smallest absolute Gasteiger partial charge is 0.147 e. The van der Waals surface area contributed by atoms with E-state index in [2.05, 4.69) is 172 Å². The van der Waals surface area contributed by atoms with Crippen LogP contribution in [0.2, 0.25) is 0 Å². The van der Waals surface area contributed by atoms with Gasteiger partial charge in [0, 0.05) is 27.1 Å². The largest absolute Gasteiger partial charge is 0.455 e. The summed E-state index contributed by atoms with van der Waals surface area (Å²) >= 11 is 0. The van der Waals surface area contributed by atoms with Crippen molar-refractivity contribution < 1.29 is 8.83 Å². The molecule has 0 radical (unpaired) electrons. The van der Waals surface area contributed by atoms with E-state index in [1.54, 1.807) is 0 Å². The molecule has 0 amide bonds. The molecule has 0 atom stereocenters. The Hall–Kier alpha value is -6.90. The molecule has 2 aromatic heterocycles. The van der Waals surface area contributed by atoms with E-state index in [9.17, 15) is 0 Å². The first-order valence-corrected chi connectivity index (χ1v) is 19.1. The summed E-state index contributed by atoms with van der Waals surface area (Å²) in [6, 6.07) is 61.7. The van der Waals surface area contributed by atoms with Crippen LogP contribution in [0.5, 0.6) is 0 Å². The van der Waals surface area contributed by atoms with Crippen LogP contribution in [0, 0.1) is 0 Å². The standard InChI is InChI=1S/C53H34O2/c1-53(2)44-27-24-32(34-20-12-21-42-50-47(55-51(34)42)28-26-41-36-15-10-11-22-46(36)54-52(41)50)29-43(44)35-25-23-33(30-45(35)53)49-39-18-8-6-16-37(39)48(31-13-4-3-5-14-31)38-17-7-9-19-40(38)49/h3-30H,1-2H3. The second-order valence-corrected chi connectivity index (χ2v) is 15.6. The van der Waals surface area contributed by atoms with Crippen molar-refractivity contribution in [3.05, 3.63) is 181 Å². The fourth-order valence-corrected chi connectivity index (χ4v) is 9.72. The summed E-state index contributed by atoms with van der Waals surface area (Å²) < 4.78 is 13.1. The van der Waals surface area contributed by atoms with Crippen molar-refractivity contribution in [1.29, 1.82) is 0 Å². The minimum absolute atomic E-state index is 0.174. The molecule has 0 N–H and O–H groups in total. The van der Waals surface area contributed by atoms with E-state index < -0.39 is 0 Å². The van der Waals surface area contributed by atoms with Gasteiger partial charge in [-0.25, -0.2) is 0 Å². The molecule has 9 aromatic carbocycles. The second-order valence-electron chi connectivity index (χ2n) is 15.6. The van der Waals surface area contributed by atoms with E-state index in [0.717, 1.165) is 55.0 Å². The molecule has 258 valence electrons. The first kappa shape index (κ1) is 30.6. The number of hydrogen-bond donors (Lipinski definition) is 0. The van der Waals surface area contributed by atoms with Crippen LogP contribution in [-0.4, -0.2) is 0 Å². The lowest BCUT2D eigenvalue weighted by molar-refractivity contribution is 0.660. The van der Waals surface area contributed by atoms with Gasteiger partial charge in [0.1, 0.15) is 22.3 Å². The first-order chi connectivity index (χ1) is 27.0. The minimum atomic E-state index is -0.174. The molecular formula is C53H34O2. The highest BCUT2D eigenvalue weighted by molar-refractivity contribution is 6.24. The Balaban J connectivity index is 1.03. The van der Waals surface area contributed by atoms with Crippen LogP contribution >= 0.6 is 0 Å². The number of furan rings is 2. The molecule has 0 spiro atoms. The Morgan fingerprint density at radius 3 is 1.71 bits per heavy atom. The Labute approximate surface area is 317 Å². The van der Waals surface area contributed by atoms with Crippen molar-refractivity contribution in [2.24, 2.45) is 0 Å². The van der Waals surface area contributed by atoms with E-state index in [1.165, 1.54) is 66.1 Å². The van der Waals surface area contributed by atoms with Crippen LogP contribution < -0.4 is 0 Å². The van der Waals surface area contributed by atoms with Gasteiger partial charge in [-0.05, 0) is 102 Å². The van der Waals surface area contributed by atoms with Gasteiger partial charge in [0.05, 0.1) is 5.39 Å². The topological polar surface area (TPSA) is 26.3 Å². The van der Waals surface area contributed by atoms with Gasteiger partial charge in [-0.3, -0.25) is 0 Å². The van der Waals surface area contributed by atoms with Gasteiger partial charge in [0.2, 0.25) is 0 Å². The summed E-state index contributed by atoms with van der Waals surface area (Å²) in [6.07, 6.45) is 0. The molecule has 0 aliphatic heterocycles. The van der Waals surface area contributed by atoms with Crippen molar-refractivity contribution in [3.8, 4) is 44.5 Å². The number of para-hydroxylation sites is 2. The summed E-state index contributed by atoms with van der Waals surface area (Å²) in [7, 11) is 0. The predicted octanol–water partition coefficient (Wildman–Crippen LogP) is 15.1. The quantitative estimate of drug-likeness (QED) is 0.171. The summed E-state index contributed by atoms with van der Waals surface area (Å²) in [6.45, 7) is 4.74. The molecule has 1 aliphatic rings. The Kier molecular flexibility index (Phi) is 6.15. The molecule has 0 saturated heterocycles. The number of hydrogen-bond acceptors (Lipinski definition) is 2. The summed E-state index contributed by atoms with van der Waals surface area (Å²) in [5, 5.41) is 9.43. The van der Waals surface area contributed by atoms with Crippen LogP contribution in [-0.2, 0) is 5.41 Å². The van der Waals surface area contributed by atoms with Gasteiger partial charge in [0.15, 0.2) is 0 Å². The van der Waals surface area contributed by atoms with Gasteiger partial charge in [-0.2, -0.15) is 0 Å². The van der Waals surface area contributed by atoms with Gasteiger partial charge >= 0.3 is 0 Å². The van der Waals surface area contributed by atoms with Crippen molar-refractivity contribution in [3.63, 3.8) is 0 Å². The van der Waals surface area contributed by atoms with Crippen molar-refractivity contribution in [2.45, 2.75) is 19.3 Å². The van der Waals surface area contributed by atoms with E-state index in [4.69, 9.17) is 8.83 Å². The zero-order chi connectivity index (χ0) is 36.4. The highest BCUT2D eigenvalue weighted by atomic mass is 16.3. The lowest BCUT2D eigenvalue weighted by Gasteiger charge is -2.23. The Morgan fingerprint density at radius 1 is 0.345 bits per heavy atom. The van der Waals surface area contributed by atoms with Gasteiger partial charge in [-0.15, -0.1) is 0 Å². The molecule has 2 nitrogen and oxygen atoms in total. The maximum Gasteiger partial charge on any atom is 0.147 e. The molecule has 0 fully saturated rings. The fourth-order valence-electron chi connectivity index (χ4n) is 9.72. The SMILES string of the molecule is CC1(C)c2ccc(-c3cccc4c3oc3ccc5c6ccccc6oc5c34)cc2-c2ccc(-c3c4ccccc4c(-c4ccccc4)c4ccccc34)cc21. The number of rotatable bonds is 3. The average molecular weight is 703 g/mol. The summed E-state index contributed by atoms with van der Waals surface area (Å²) in [4.78, 5) is 0. The predicted molar refractivity (Wildman–Crippen MR) is 230 cm³/mol. The van der Waals surface area contributed by atoms with Crippen LogP contribution in [0.4, 0.5) is 0 Å². The minimum Gasteiger partial charge on any atom is -0.455 e. The fraction of sp³-hybridized carbons (Fsp3) is 0.0566. The molecule has 1 aliphatic carbocycles. The Morgan fingerprint density at radius 2 is 0.964 bits per heavy atom. The second kappa shape index (κ2) is 11.1. The van der Waals surface area contributed by atoms with Gasteiger partial charge in [-0.1, -0.05) is 153 Å². The van der Waals surface area contributed by atoms with E-state index >= 15 is 0 Å². The molecule has 11 aromatic rings. The molecule has 2 heteroatoms. The van der Waals surface area contributed by atoms with Crippen molar-refractivity contribution in [2.75, 3.05) is 0 Å². The van der Waals surface area contributed by atoms with Gasteiger partial charge in [0.25, 0.3) is 0 Å². The van der Waals surface area contributed by atoms with E-state index in [-0.39, 0.29) is 5.41 Å². The molecule has 2 heterocycles.